The molecular formula is C14H28N2O2S2. The predicted molar refractivity (Wildman–Crippen MR) is 86.7 cm³/mol. The fourth-order valence-electron chi connectivity index (χ4n) is 2.74. The Balaban J connectivity index is 1.57. The lowest BCUT2D eigenvalue weighted by Gasteiger charge is -2.27. The van der Waals surface area contributed by atoms with Crippen LogP contribution >= 0.6 is 11.8 Å². The maximum absolute atomic E-state index is 12.0. The van der Waals surface area contributed by atoms with E-state index in [0.29, 0.717) is 0 Å². The fraction of sp³-hybridized carbons (Fsp3) is 1.00. The number of hydrogen-bond donors (Lipinski definition) is 2. The van der Waals surface area contributed by atoms with Gasteiger partial charge in [0.1, 0.15) is 0 Å². The van der Waals surface area contributed by atoms with E-state index in [2.05, 4.69) is 16.3 Å². The topological polar surface area (TPSA) is 58.2 Å². The van der Waals surface area contributed by atoms with Gasteiger partial charge in [-0.05, 0) is 64.2 Å². The third kappa shape index (κ3) is 6.33. The van der Waals surface area contributed by atoms with E-state index in [9.17, 15) is 8.42 Å². The molecule has 2 aliphatic carbocycles. The van der Waals surface area contributed by atoms with Crippen LogP contribution in [0.5, 0.6) is 0 Å². The normalized spacial score (nSPS) is 27.6. The highest BCUT2D eigenvalue weighted by Crippen LogP contribution is 2.27. The largest absolute Gasteiger partial charge is 0.314 e. The number of hydrogen-bond acceptors (Lipinski definition) is 4. The Bertz CT molecular complexity index is 375. The molecule has 0 spiro atoms. The first-order valence-electron chi connectivity index (χ1n) is 7.85. The Kier molecular flexibility index (Phi) is 6.65. The van der Waals surface area contributed by atoms with Crippen molar-refractivity contribution in [2.75, 3.05) is 18.6 Å². The van der Waals surface area contributed by atoms with Crippen molar-refractivity contribution in [3.05, 3.63) is 0 Å². The molecule has 118 valence electrons. The first-order valence-corrected chi connectivity index (χ1v) is 10.8. The van der Waals surface area contributed by atoms with Crippen LogP contribution in [0.1, 0.15) is 51.4 Å². The van der Waals surface area contributed by atoms with Crippen molar-refractivity contribution >= 4 is 21.8 Å². The van der Waals surface area contributed by atoms with Crippen molar-refractivity contribution in [2.24, 2.45) is 0 Å². The van der Waals surface area contributed by atoms with Crippen LogP contribution in [0.2, 0.25) is 0 Å². The molecule has 0 radical (unpaired) electrons. The summed E-state index contributed by atoms with van der Waals surface area (Å²) in [5, 5.41) is 4.14. The Morgan fingerprint density at radius 1 is 1.00 bits per heavy atom. The van der Waals surface area contributed by atoms with Crippen LogP contribution in [-0.2, 0) is 10.0 Å². The molecule has 2 N–H and O–H groups in total. The first-order chi connectivity index (χ1) is 9.59. The van der Waals surface area contributed by atoms with Gasteiger partial charge in [-0.25, -0.2) is 13.1 Å². The highest BCUT2D eigenvalue weighted by atomic mass is 32.2. The maximum Gasteiger partial charge on any atom is 0.211 e. The lowest BCUT2D eigenvalue weighted by Crippen LogP contribution is -2.39. The molecule has 20 heavy (non-hydrogen) atoms. The van der Waals surface area contributed by atoms with E-state index in [4.69, 9.17) is 0 Å². The molecule has 0 bridgehead atoms. The van der Waals surface area contributed by atoms with Gasteiger partial charge < -0.3 is 5.32 Å². The van der Waals surface area contributed by atoms with Crippen molar-refractivity contribution in [2.45, 2.75) is 68.7 Å². The van der Waals surface area contributed by atoms with E-state index in [-0.39, 0.29) is 11.8 Å². The van der Waals surface area contributed by atoms with Crippen LogP contribution in [0.25, 0.3) is 0 Å². The average Bonchev–Trinajstić information content (AvgIpc) is 3.23. The minimum atomic E-state index is -3.08. The number of rotatable bonds is 9. The van der Waals surface area contributed by atoms with Gasteiger partial charge in [-0.2, -0.15) is 11.8 Å². The third-order valence-corrected chi connectivity index (χ3v) is 6.86. The van der Waals surface area contributed by atoms with E-state index in [1.165, 1.54) is 12.8 Å². The van der Waals surface area contributed by atoms with Crippen molar-refractivity contribution in [3.8, 4) is 0 Å². The van der Waals surface area contributed by atoms with Gasteiger partial charge in [0.05, 0.1) is 5.75 Å². The average molecular weight is 321 g/mol. The first kappa shape index (κ1) is 16.6. The Hall–Kier alpha value is 0.220. The molecule has 0 aromatic heterocycles. The summed E-state index contributed by atoms with van der Waals surface area (Å²) in [6.45, 7) is 0.957. The zero-order valence-electron chi connectivity index (χ0n) is 12.4. The number of nitrogens with one attached hydrogen (secondary N) is 2. The van der Waals surface area contributed by atoms with Crippen LogP contribution < -0.4 is 10.0 Å². The Labute approximate surface area is 127 Å². The Morgan fingerprint density at radius 2 is 1.65 bits per heavy atom. The monoisotopic (exact) mass is 320 g/mol. The van der Waals surface area contributed by atoms with Crippen molar-refractivity contribution < 1.29 is 8.42 Å². The summed E-state index contributed by atoms with van der Waals surface area (Å²) in [5.41, 5.74) is 0. The summed E-state index contributed by atoms with van der Waals surface area (Å²) >= 11 is 1.91. The van der Waals surface area contributed by atoms with E-state index in [1.54, 1.807) is 0 Å². The molecule has 2 aliphatic rings. The van der Waals surface area contributed by atoms with Crippen LogP contribution in [-0.4, -0.2) is 44.3 Å². The highest BCUT2D eigenvalue weighted by molar-refractivity contribution is 7.99. The van der Waals surface area contributed by atoms with Crippen molar-refractivity contribution in [1.29, 1.82) is 0 Å². The molecule has 0 saturated heterocycles. The van der Waals surface area contributed by atoms with Crippen LogP contribution in [0.3, 0.4) is 0 Å². The predicted octanol–water partition coefficient (Wildman–Crippen LogP) is 2.11. The van der Waals surface area contributed by atoms with Crippen LogP contribution in [0.4, 0.5) is 0 Å². The zero-order chi connectivity index (χ0) is 14.4. The number of sulfonamides is 1. The second-order valence-electron chi connectivity index (χ2n) is 6.08. The third-order valence-electron chi connectivity index (χ3n) is 4.20. The van der Waals surface area contributed by atoms with Crippen LogP contribution in [0, 0.1) is 0 Å². The molecular weight excluding hydrogens is 292 g/mol. The minimum absolute atomic E-state index is 0.174. The Morgan fingerprint density at radius 3 is 2.25 bits per heavy atom. The van der Waals surface area contributed by atoms with E-state index < -0.39 is 10.0 Å². The lowest BCUT2D eigenvalue weighted by molar-refractivity contribution is 0.419. The second kappa shape index (κ2) is 8.01. The van der Waals surface area contributed by atoms with Gasteiger partial charge in [0.25, 0.3) is 0 Å². The maximum atomic E-state index is 12.0. The van der Waals surface area contributed by atoms with Gasteiger partial charge in [-0.15, -0.1) is 0 Å². The second-order valence-corrected chi connectivity index (χ2v) is 9.09. The molecule has 0 aliphatic heterocycles. The lowest BCUT2D eigenvalue weighted by atomic mass is 9.96. The molecule has 2 saturated carbocycles. The van der Waals surface area contributed by atoms with Gasteiger partial charge in [0.15, 0.2) is 0 Å². The number of unbranched alkanes of at least 4 members (excludes halogenated alkanes) is 1. The minimum Gasteiger partial charge on any atom is -0.314 e. The summed E-state index contributed by atoms with van der Waals surface area (Å²) in [6, 6.07) is 0.893. The summed E-state index contributed by atoms with van der Waals surface area (Å²) in [4.78, 5) is 0. The standard InChI is InChI=1S/C14H28N2O2S2/c1-19-14-8-6-13(7-9-14)16-20(17,18)11-3-2-10-15-12-4-5-12/h12-16H,2-11H2,1H3. The molecule has 0 aromatic rings. The summed E-state index contributed by atoms with van der Waals surface area (Å²) in [6.07, 6.45) is 10.7. The molecule has 0 unspecified atom stereocenters. The summed E-state index contributed by atoms with van der Waals surface area (Å²) < 4.78 is 26.9. The van der Waals surface area contributed by atoms with Gasteiger partial charge >= 0.3 is 0 Å². The molecule has 0 atom stereocenters. The van der Waals surface area contributed by atoms with E-state index in [1.807, 2.05) is 11.8 Å². The van der Waals surface area contributed by atoms with Gasteiger partial charge in [0.2, 0.25) is 10.0 Å². The van der Waals surface area contributed by atoms with E-state index >= 15 is 0 Å². The smallest absolute Gasteiger partial charge is 0.211 e. The summed E-state index contributed by atoms with van der Waals surface area (Å²) in [5.74, 6) is 0.280. The van der Waals surface area contributed by atoms with E-state index in [0.717, 1.165) is 56.4 Å². The van der Waals surface area contributed by atoms with Gasteiger partial charge in [0, 0.05) is 17.3 Å². The molecule has 6 heteroatoms. The molecule has 2 fully saturated rings. The quantitative estimate of drug-likeness (QED) is 0.639. The SMILES string of the molecule is CSC1CCC(NS(=O)(=O)CCCCNC2CC2)CC1. The van der Waals surface area contributed by atoms with Gasteiger partial charge in [-0.1, -0.05) is 0 Å². The highest BCUT2D eigenvalue weighted by Gasteiger charge is 2.24. The van der Waals surface area contributed by atoms with Crippen molar-refractivity contribution in [1.82, 2.24) is 10.0 Å². The summed E-state index contributed by atoms with van der Waals surface area (Å²) in [7, 11) is -3.08. The number of thioether (sulfide) groups is 1. The molecule has 4 nitrogen and oxygen atoms in total. The molecule has 2 rings (SSSR count). The molecule has 0 aromatic carbocycles. The van der Waals surface area contributed by atoms with Crippen molar-refractivity contribution in [3.63, 3.8) is 0 Å². The van der Waals surface area contributed by atoms with Crippen LogP contribution in [0.15, 0.2) is 0 Å². The molecule has 0 heterocycles. The fourth-order valence-corrected chi connectivity index (χ4v) is 4.93. The molecule has 0 amide bonds. The zero-order valence-corrected chi connectivity index (χ0v) is 14.1. The van der Waals surface area contributed by atoms with Gasteiger partial charge in [-0.3, -0.25) is 0 Å².